The monoisotopic (exact) mass is 384 g/mol. The van der Waals surface area contributed by atoms with Crippen LogP contribution >= 0.6 is 11.6 Å². The van der Waals surface area contributed by atoms with Crippen molar-refractivity contribution in [2.45, 2.75) is 13.3 Å². The minimum absolute atomic E-state index is 0.157. The number of nitrogens with zero attached hydrogens (tertiary/aromatic N) is 2. The Bertz CT molecular complexity index is 971. The second kappa shape index (κ2) is 8.46. The molecule has 0 atom stereocenters. The summed E-state index contributed by atoms with van der Waals surface area (Å²) in [5.41, 5.74) is 1.47. The van der Waals surface area contributed by atoms with Gasteiger partial charge in [-0.05, 0) is 43.2 Å². The van der Waals surface area contributed by atoms with E-state index in [1.54, 1.807) is 19.1 Å². The van der Waals surface area contributed by atoms with Crippen molar-refractivity contribution in [1.29, 1.82) is 0 Å². The lowest BCUT2D eigenvalue weighted by Gasteiger charge is -2.07. The van der Waals surface area contributed by atoms with E-state index < -0.39 is 5.91 Å². The predicted molar refractivity (Wildman–Crippen MR) is 101 cm³/mol. The molecule has 0 spiro atoms. The maximum atomic E-state index is 12.3. The van der Waals surface area contributed by atoms with Crippen molar-refractivity contribution in [1.82, 2.24) is 15.5 Å². The van der Waals surface area contributed by atoms with E-state index in [4.69, 9.17) is 16.1 Å². The van der Waals surface area contributed by atoms with Gasteiger partial charge in [0.15, 0.2) is 5.82 Å². The summed E-state index contributed by atoms with van der Waals surface area (Å²) in [6, 6.07) is 12.0. The number of carbonyl (C=O) groups is 2. The van der Waals surface area contributed by atoms with Crippen LogP contribution in [0.4, 0.5) is 5.82 Å². The molecule has 0 saturated carbocycles. The van der Waals surface area contributed by atoms with Crippen LogP contribution in [-0.2, 0) is 6.42 Å². The van der Waals surface area contributed by atoms with Crippen LogP contribution in [-0.4, -0.2) is 28.5 Å². The summed E-state index contributed by atoms with van der Waals surface area (Å²) in [7, 11) is 0. The number of hydrogen-bond acceptors (Lipinski definition) is 5. The Morgan fingerprint density at radius 3 is 2.74 bits per heavy atom. The van der Waals surface area contributed by atoms with Crippen molar-refractivity contribution in [3.8, 4) is 0 Å². The zero-order valence-electron chi connectivity index (χ0n) is 14.5. The summed E-state index contributed by atoms with van der Waals surface area (Å²) in [4.78, 5) is 28.6. The van der Waals surface area contributed by atoms with Gasteiger partial charge in [-0.3, -0.25) is 14.6 Å². The molecule has 0 aliphatic rings. The average molecular weight is 385 g/mol. The molecule has 2 N–H and O–H groups in total. The summed E-state index contributed by atoms with van der Waals surface area (Å²) < 4.78 is 4.90. The lowest BCUT2D eigenvalue weighted by molar-refractivity contribution is 0.0949. The number of aryl methyl sites for hydroxylation is 1. The maximum absolute atomic E-state index is 12.3. The van der Waals surface area contributed by atoms with Gasteiger partial charge in [0.25, 0.3) is 11.8 Å². The van der Waals surface area contributed by atoms with Crippen LogP contribution in [0.3, 0.4) is 0 Å². The first kappa shape index (κ1) is 18.6. The Kier molecular flexibility index (Phi) is 5.83. The van der Waals surface area contributed by atoms with Crippen LogP contribution in [0, 0.1) is 6.92 Å². The summed E-state index contributed by atoms with van der Waals surface area (Å²) in [6.07, 6.45) is 2.05. The molecule has 2 amide bonds. The molecule has 1 aromatic carbocycles. The van der Waals surface area contributed by atoms with Gasteiger partial charge in [0.2, 0.25) is 0 Å². The molecule has 0 aliphatic carbocycles. The number of aromatic nitrogens is 2. The molecule has 27 heavy (non-hydrogen) atoms. The largest absolute Gasteiger partial charge is 0.360 e. The van der Waals surface area contributed by atoms with Crippen molar-refractivity contribution >= 4 is 29.2 Å². The highest BCUT2D eigenvalue weighted by molar-refractivity contribution is 6.30. The van der Waals surface area contributed by atoms with Gasteiger partial charge in [-0.1, -0.05) is 28.9 Å². The number of carbonyl (C=O) groups excluding carboxylic acids is 2. The van der Waals surface area contributed by atoms with Crippen LogP contribution in [0.15, 0.2) is 53.2 Å². The minimum Gasteiger partial charge on any atom is -0.360 e. The number of amides is 2. The van der Waals surface area contributed by atoms with Crippen LogP contribution in [0.25, 0.3) is 0 Å². The van der Waals surface area contributed by atoms with Crippen LogP contribution in [0.1, 0.15) is 32.2 Å². The molecule has 3 rings (SSSR count). The van der Waals surface area contributed by atoms with Crippen molar-refractivity contribution < 1.29 is 14.1 Å². The quantitative estimate of drug-likeness (QED) is 0.679. The normalized spacial score (nSPS) is 10.4. The van der Waals surface area contributed by atoms with Gasteiger partial charge >= 0.3 is 0 Å². The predicted octanol–water partition coefficient (Wildman–Crippen LogP) is 3.26. The molecule has 0 radical (unpaired) electrons. The van der Waals surface area contributed by atoms with Crippen molar-refractivity contribution in [3.05, 3.63) is 76.3 Å². The molecule has 3 aromatic rings. The number of pyridine rings is 1. The molecule has 8 heteroatoms. The van der Waals surface area contributed by atoms with E-state index in [0.717, 1.165) is 5.56 Å². The fourth-order valence-corrected chi connectivity index (χ4v) is 2.63. The van der Waals surface area contributed by atoms with E-state index >= 15 is 0 Å². The zero-order valence-corrected chi connectivity index (χ0v) is 15.3. The molecule has 0 fully saturated rings. The van der Waals surface area contributed by atoms with Gasteiger partial charge in [-0.15, -0.1) is 0 Å². The SMILES string of the molecule is Cc1cc(NC(=O)c2ccnc(C(=O)NCCc3cccc(Cl)c3)c2)no1. The number of benzene rings is 1. The van der Waals surface area contributed by atoms with E-state index in [-0.39, 0.29) is 11.6 Å². The molecule has 0 aliphatic heterocycles. The van der Waals surface area contributed by atoms with E-state index in [1.165, 1.54) is 18.3 Å². The van der Waals surface area contributed by atoms with Crippen LogP contribution in [0.5, 0.6) is 0 Å². The molecule has 0 saturated heterocycles. The first-order chi connectivity index (χ1) is 13.0. The number of halogens is 1. The molecule has 7 nitrogen and oxygen atoms in total. The Morgan fingerprint density at radius 1 is 1.15 bits per heavy atom. The smallest absolute Gasteiger partial charge is 0.269 e. The fourth-order valence-electron chi connectivity index (χ4n) is 2.41. The average Bonchev–Trinajstić information content (AvgIpc) is 3.06. The minimum atomic E-state index is -0.404. The van der Waals surface area contributed by atoms with Gasteiger partial charge in [0.1, 0.15) is 11.5 Å². The maximum Gasteiger partial charge on any atom is 0.269 e. The highest BCUT2D eigenvalue weighted by Gasteiger charge is 2.13. The first-order valence-corrected chi connectivity index (χ1v) is 8.62. The number of anilines is 1. The van der Waals surface area contributed by atoms with Gasteiger partial charge in [0.05, 0.1) is 0 Å². The van der Waals surface area contributed by atoms with E-state index in [0.29, 0.717) is 35.1 Å². The van der Waals surface area contributed by atoms with Crippen LogP contribution in [0.2, 0.25) is 5.02 Å². The van der Waals surface area contributed by atoms with Gasteiger partial charge < -0.3 is 15.2 Å². The second-order valence-electron chi connectivity index (χ2n) is 5.84. The standard InChI is InChI=1S/C19H17ClN4O3/c1-12-9-17(24-27-12)23-18(25)14-6-8-21-16(11-14)19(26)22-7-5-13-3-2-4-15(20)10-13/h2-4,6,8-11H,5,7H2,1H3,(H,22,26)(H,23,24,25). The van der Waals surface area contributed by atoms with E-state index in [9.17, 15) is 9.59 Å². The van der Waals surface area contributed by atoms with E-state index in [1.807, 2.05) is 18.2 Å². The van der Waals surface area contributed by atoms with Crippen molar-refractivity contribution in [3.63, 3.8) is 0 Å². The summed E-state index contributed by atoms with van der Waals surface area (Å²) >= 11 is 5.94. The Hall–Kier alpha value is -3.19. The van der Waals surface area contributed by atoms with Crippen molar-refractivity contribution in [2.75, 3.05) is 11.9 Å². The molecular weight excluding hydrogens is 368 g/mol. The highest BCUT2D eigenvalue weighted by Crippen LogP contribution is 2.12. The number of rotatable bonds is 6. The number of hydrogen-bond donors (Lipinski definition) is 2. The van der Waals surface area contributed by atoms with Gasteiger partial charge in [-0.25, -0.2) is 0 Å². The lowest BCUT2D eigenvalue weighted by Crippen LogP contribution is -2.27. The van der Waals surface area contributed by atoms with Gasteiger partial charge in [0, 0.05) is 29.4 Å². The molecule has 0 bridgehead atoms. The molecular formula is C19H17ClN4O3. The Balaban J connectivity index is 1.58. The first-order valence-electron chi connectivity index (χ1n) is 8.24. The third-order valence-corrected chi connectivity index (χ3v) is 3.95. The highest BCUT2D eigenvalue weighted by atomic mass is 35.5. The second-order valence-corrected chi connectivity index (χ2v) is 6.28. The Labute approximate surface area is 160 Å². The fraction of sp³-hybridized carbons (Fsp3) is 0.158. The van der Waals surface area contributed by atoms with Crippen LogP contribution < -0.4 is 10.6 Å². The molecule has 2 heterocycles. The zero-order chi connectivity index (χ0) is 19.2. The molecule has 138 valence electrons. The van der Waals surface area contributed by atoms with E-state index in [2.05, 4.69) is 20.8 Å². The topological polar surface area (TPSA) is 97.1 Å². The molecule has 0 unspecified atom stereocenters. The molecule has 2 aromatic heterocycles. The number of nitrogens with one attached hydrogen (secondary N) is 2. The third kappa shape index (κ3) is 5.15. The Morgan fingerprint density at radius 2 is 2.00 bits per heavy atom. The van der Waals surface area contributed by atoms with Crippen molar-refractivity contribution in [2.24, 2.45) is 0 Å². The summed E-state index contributed by atoms with van der Waals surface area (Å²) in [6.45, 7) is 2.15. The van der Waals surface area contributed by atoms with Gasteiger partial charge in [-0.2, -0.15) is 0 Å². The lowest BCUT2D eigenvalue weighted by atomic mass is 10.1. The summed E-state index contributed by atoms with van der Waals surface area (Å²) in [5, 5.41) is 9.74. The summed E-state index contributed by atoms with van der Waals surface area (Å²) in [5.74, 6) is 0.129. The third-order valence-electron chi connectivity index (χ3n) is 3.71.